The van der Waals surface area contributed by atoms with E-state index in [0.717, 1.165) is 24.8 Å². The molecule has 1 saturated carbocycles. The van der Waals surface area contributed by atoms with Crippen LogP contribution in [0.4, 0.5) is 0 Å². The number of carbonyl (C=O) groups excluding carboxylic acids is 1. The van der Waals surface area contributed by atoms with Crippen molar-refractivity contribution in [3.8, 4) is 11.4 Å². The highest BCUT2D eigenvalue weighted by Crippen LogP contribution is 2.50. The topological polar surface area (TPSA) is 96.5 Å². The highest BCUT2D eigenvalue weighted by atomic mass is 16.5. The predicted molar refractivity (Wildman–Crippen MR) is 92.2 cm³/mol. The van der Waals surface area contributed by atoms with Gasteiger partial charge in [-0.2, -0.15) is 4.98 Å². The van der Waals surface area contributed by atoms with Crippen molar-refractivity contribution in [3.63, 3.8) is 0 Å². The van der Waals surface area contributed by atoms with Gasteiger partial charge in [-0.15, -0.1) is 0 Å². The lowest BCUT2D eigenvalue weighted by atomic mass is 9.80. The molecule has 1 amide bonds. The fourth-order valence-corrected chi connectivity index (χ4v) is 4.33. The molecule has 0 unspecified atom stereocenters. The SMILES string of the molecule is O=C(O)CCC(=O)N1C[C@H]2CCC[C@@]2(c2nc(-c3ccccc3)no2)C1. The molecule has 136 valence electrons. The van der Waals surface area contributed by atoms with Gasteiger partial charge in [0.15, 0.2) is 0 Å². The van der Waals surface area contributed by atoms with Crippen LogP contribution < -0.4 is 0 Å². The Balaban J connectivity index is 1.56. The van der Waals surface area contributed by atoms with Gasteiger partial charge in [0, 0.05) is 25.1 Å². The zero-order chi connectivity index (χ0) is 18.1. The third-order valence-corrected chi connectivity index (χ3v) is 5.66. The molecule has 2 aliphatic rings. The van der Waals surface area contributed by atoms with Crippen molar-refractivity contribution >= 4 is 11.9 Å². The normalized spacial score (nSPS) is 24.6. The summed E-state index contributed by atoms with van der Waals surface area (Å²) in [6, 6.07) is 9.68. The number of hydrogen-bond acceptors (Lipinski definition) is 5. The van der Waals surface area contributed by atoms with E-state index in [1.165, 1.54) is 0 Å². The smallest absolute Gasteiger partial charge is 0.303 e. The molecule has 7 nitrogen and oxygen atoms in total. The number of carboxylic acids is 1. The van der Waals surface area contributed by atoms with Gasteiger partial charge in [-0.25, -0.2) is 0 Å². The van der Waals surface area contributed by atoms with Gasteiger partial charge < -0.3 is 14.5 Å². The highest BCUT2D eigenvalue weighted by molar-refractivity contribution is 5.81. The average molecular weight is 355 g/mol. The van der Waals surface area contributed by atoms with Crippen molar-refractivity contribution < 1.29 is 19.2 Å². The van der Waals surface area contributed by atoms with Crippen LogP contribution in [0.25, 0.3) is 11.4 Å². The first kappa shape index (κ1) is 16.8. The first-order valence-electron chi connectivity index (χ1n) is 8.98. The minimum absolute atomic E-state index is 0.0389. The molecule has 2 aromatic rings. The Morgan fingerprint density at radius 3 is 2.85 bits per heavy atom. The second-order valence-electron chi connectivity index (χ2n) is 7.20. The summed E-state index contributed by atoms with van der Waals surface area (Å²) in [6.07, 6.45) is 2.91. The number of amides is 1. The molecule has 26 heavy (non-hydrogen) atoms. The van der Waals surface area contributed by atoms with E-state index in [-0.39, 0.29) is 24.2 Å². The predicted octanol–water partition coefficient (Wildman–Crippen LogP) is 2.48. The molecule has 0 radical (unpaired) electrons. The van der Waals surface area contributed by atoms with Crippen LogP contribution >= 0.6 is 0 Å². The average Bonchev–Trinajstić information content (AvgIpc) is 3.33. The molecule has 7 heteroatoms. The molecule has 1 aromatic carbocycles. The van der Waals surface area contributed by atoms with Gasteiger partial charge in [-0.3, -0.25) is 9.59 Å². The molecule has 2 atom stereocenters. The summed E-state index contributed by atoms with van der Waals surface area (Å²) >= 11 is 0. The number of aromatic nitrogens is 2. The Morgan fingerprint density at radius 2 is 2.08 bits per heavy atom. The summed E-state index contributed by atoms with van der Waals surface area (Å²) < 4.78 is 5.64. The van der Waals surface area contributed by atoms with Crippen molar-refractivity contribution in [2.24, 2.45) is 5.92 Å². The van der Waals surface area contributed by atoms with Gasteiger partial charge >= 0.3 is 5.97 Å². The van der Waals surface area contributed by atoms with Crippen LogP contribution in [0.1, 0.15) is 38.0 Å². The first-order chi connectivity index (χ1) is 12.6. The number of aliphatic carboxylic acids is 1. The quantitative estimate of drug-likeness (QED) is 0.885. The zero-order valence-electron chi connectivity index (χ0n) is 14.4. The largest absolute Gasteiger partial charge is 0.481 e. The van der Waals surface area contributed by atoms with Crippen LogP contribution in [-0.2, 0) is 15.0 Å². The van der Waals surface area contributed by atoms with Gasteiger partial charge in [0.25, 0.3) is 0 Å². The second kappa shape index (κ2) is 6.55. The maximum atomic E-state index is 12.4. The van der Waals surface area contributed by atoms with Crippen molar-refractivity contribution in [2.75, 3.05) is 13.1 Å². The number of nitrogens with zero attached hydrogens (tertiary/aromatic N) is 3. The van der Waals surface area contributed by atoms with E-state index in [1.54, 1.807) is 4.90 Å². The van der Waals surface area contributed by atoms with Gasteiger partial charge in [-0.05, 0) is 18.8 Å². The summed E-state index contributed by atoms with van der Waals surface area (Å²) in [4.78, 5) is 29.5. The van der Waals surface area contributed by atoms with Crippen LogP contribution in [0.5, 0.6) is 0 Å². The molecule has 2 fully saturated rings. The Hall–Kier alpha value is -2.70. The minimum atomic E-state index is -0.947. The van der Waals surface area contributed by atoms with E-state index in [4.69, 9.17) is 9.63 Å². The molecule has 0 bridgehead atoms. The summed E-state index contributed by atoms with van der Waals surface area (Å²) in [5.74, 6) is 0.407. The van der Waals surface area contributed by atoms with Gasteiger partial charge in [0.05, 0.1) is 11.8 Å². The molecule has 1 aliphatic carbocycles. The second-order valence-corrected chi connectivity index (χ2v) is 7.20. The van der Waals surface area contributed by atoms with Crippen LogP contribution in [0.3, 0.4) is 0 Å². The molecule has 4 rings (SSSR count). The number of carbonyl (C=O) groups is 2. The molecule has 1 saturated heterocycles. The van der Waals surface area contributed by atoms with Crippen LogP contribution in [-0.4, -0.2) is 45.1 Å². The Bertz CT molecular complexity index is 819. The van der Waals surface area contributed by atoms with E-state index in [1.807, 2.05) is 30.3 Å². The molecule has 1 aromatic heterocycles. The monoisotopic (exact) mass is 355 g/mol. The maximum absolute atomic E-state index is 12.4. The summed E-state index contributed by atoms with van der Waals surface area (Å²) in [7, 11) is 0. The van der Waals surface area contributed by atoms with Gasteiger partial charge in [0.1, 0.15) is 0 Å². The van der Waals surface area contributed by atoms with E-state index in [0.29, 0.717) is 30.7 Å². The van der Waals surface area contributed by atoms with Crippen molar-refractivity contribution in [2.45, 2.75) is 37.5 Å². The summed E-state index contributed by atoms with van der Waals surface area (Å²) in [6.45, 7) is 1.17. The third kappa shape index (κ3) is 2.87. The maximum Gasteiger partial charge on any atom is 0.303 e. The molecule has 1 aliphatic heterocycles. The summed E-state index contributed by atoms with van der Waals surface area (Å²) in [5, 5.41) is 13.0. The third-order valence-electron chi connectivity index (χ3n) is 5.66. The van der Waals surface area contributed by atoms with Gasteiger partial charge in [-0.1, -0.05) is 41.9 Å². The first-order valence-corrected chi connectivity index (χ1v) is 8.98. The number of fused-ring (bicyclic) bond motifs is 1. The van der Waals surface area contributed by atoms with E-state index < -0.39 is 5.97 Å². The lowest BCUT2D eigenvalue weighted by Crippen LogP contribution is -2.35. The standard InChI is InChI=1S/C19H21N3O4/c23-15(8-9-16(24)25)22-11-14-7-4-10-19(14,12-22)18-20-17(21-26-18)13-5-2-1-3-6-13/h1-3,5-6,14H,4,7-12H2,(H,24,25)/t14-,19-/m1/s1. The van der Waals surface area contributed by atoms with Gasteiger partial charge in [0.2, 0.25) is 17.6 Å². The number of carboxylic acid groups (broad SMARTS) is 1. The molecule has 1 N–H and O–H groups in total. The van der Waals surface area contributed by atoms with Crippen molar-refractivity contribution in [3.05, 3.63) is 36.2 Å². The molecular formula is C19H21N3O4. The summed E-state index contributed by atoms with van der Waals surface area (Å²) in [5.41, 5.74) is 0.611. The number of benzene rings is 1. The zero-order valence-corrected chi connectivity index (χ0v) is 14.4. The van der Waals surface area contributed by atoms with Crippen LogP contribution in [0.15, 0.2) is 34.9 Å². The fourth-order valence-electron chi connectivity index (χ4n) is 4.33. The van der Waals surface area contributed by atoms with Crippen LogP contribution in [0.2, 0.25) is 0 Å². The fraction of sp³-hybridized carbons (Fsp3) is 0.474. The van der Waals surface area contributed by atoms with Crippen molar-refractivity contribution in [1.82, 2.24) is 15.0 Å². The Morgan fingerprint density at radius 1 is 1.27 bits per heavy atom. The van der Waals surface area contributed by atoms with Crippen molar-refractivity contribution in [1.29, 1.82) is 0 Å². The Labute approximate surface area is 151 Å². The van der Waals surface area contributed by atoms with E-state index >= 15 is 0 Å². The lowest BCUT2D eigenvalue weighted by molar-refractivity contribution is -0.140. The van der Waals surface area contributed by atoms with E-state index in [9.17, 15) is 9.59 Å². The Kier molecular flexibility index (Phi) is 4.22. The molecule has 0 spiro atoms. The number of rotatable bonds is 5. The van der Waals surface area contributed by atoms with E-state index in [2.05, 4.69) is 10.1 Å². The minimum Gasteiger partial charge on any atom is -0.481 e. The molecule has 2 heterocycles. The number of hydrogen-bond donors (Lipinski definition) is 1. The molecular weight excluding hydrogens is 334 g/mol. The highest BCUT2D eigenvalue weighted by Gasteiger charge is 2.55. The lowest BCUT2D eigenvalue weighted by Gasteiger charge is -2.24. The number of likely N-dealkylation sites (tertiary alicyclic amines) is 1. The van der Waals surface area contributed by atoms with Crippen LogP contribution in [0, 0.1) is 5.92 Å².